The van der Waals surface area contributed by atoms with E-state index in [1.807, 2.05) is 18.7 Å². The van der Waals surface area contributed by atoms with Gasteiger partial charge >= 0.3 is 6.03 Å². The molecule has 2 saturated heterocycles. The average Bonchev–Trinajstić information content (AvgIpc) is 3.25. The molecule has 11 heteroatoms. The van der Waals surface area contributed by atoms with Crippen molar-refractivity contribution in [2.45, 2.75) is 55.6 Å². The molecule has 0 spiro atoms. The number of rotatable bonds is 17. The number of nitrogens with two attached hydrogens (primary N) is 2. The van der Waals surface area contributed by atoms with E-state index in [9.17, 15) is 9.59 Å². The molecule has 0 bridgehead atoms. The van der Waals surface area contributed by atoms with Crippen molar-refractivity contribution >= 4 is 23.6 Å². The number of carbonyl (C=O) groups is 2. The van der Waals surface area contributed by atoms with E-state index in [4.69, 9.17) is 30.4 Å². The molecule has 0 aromatic carbocycles. The Bertz CT molecular complexity index is 539. The van der Waals surface area contributed by atoms with E-state index >= 15 is 0 Å². The molecule has 2 aliphatic heterocycles. The number of hydrogen-bond acceptors (Lipinski definition) is 9. The Morgan fingerprint density at radius 2 is 1.83 bits per heavy atom. The van der Waals surface area contributed by atoms with Crippen LogP contribution in [-0.4, -0.2) is 87.0 Å². The molecule has 2 aliphatic rings. The van der Waals surface area contributed by atoms with Crippen LogP contribution in [-0.2, 0) is 23.7 Å². The predicted molar refractivity (Wildman–Crippen MR) is 114 cm³/mol. The fraction of sp³-hybridized carbons (Fsp3) is 0.895. The Morgan fingerprint density at radius 1 is 1.10 bits per heavy atom. The summed E-state index contributed by atoms with van der Waals surface area (Å²) < 4.78 is 21.0. The molecule has 174 valence electrons. The lowest BCUT2D eigenvalue weighted by Gasteiger charge is -2.23. The van der Waals surface area contributed by atoms with E-state index in [1.54, 1.807) is 0 Å². The van der Waals surface area contributed by atoms with Crippen LogP contribution in [0.4, 0.5) is 4.79 Å². The number of carbonyl (C=O) groups excluding carboxylic acids is 2. The van der Waals surface area contributed by atoms with Gasteiger partial charge in [0.05, 0.1) is 45.1 Å². The summed E-state index contributed by atoms with van der Waals surface area (Å²) in [4.78, 5) is 23.7. The van der Waals surface area contributed by atoms with Crippen LogP contribution >= 0.6 is 11.8 Å². The topological polar surface area (TPSA) is 147 Å². The van der Waals surface area contributed by atoms with Gasteiger partial charge in [-0.1, -0.05) is 6.42 Å². The van der Waals surface area contributed by atoms with Crippen LogP contribution in [0.1, 0.15) is 32.6 Å². The van der Waals surface area contributed by atoms with Gasteiger partial charge in [0.15, 0.2) is 5.78 Å². The first-order chi connectivity index (χ1) is 14.4. The minimum absolute atomic E-state index is 0.000532. The highest BCUT2D eigenvalue weighted by molar-refractivity contribution is 8.00. The molecule has 0 aromatic rings. The third-order valence-corrected chi connectivity index (χ3v) is 6.56. The molecule has 0 saturated carbocycles. The Balaban J connectivity index is 1.47. The monoisotopic (exact) mass is 448 g/mol. The molecule has 0 aliphatic carbocycles. The molecule has 2 amide bonds. The van der Waals surface area contributed by atoms with Gasteiger partial charge in [0.2, 0.25) is 0 Å². The number of ketones is 1. The van der Waals surface area contributed by atoms with Crippen molar-refractivity contribution in [3.05, 3.63) is 0 Å². The van der Waals surface area contributed by atoms with Crippen LogP contribution in [0.15, 0.2) is 0 Å². The summed E-state index contributed by atoms with van der Waals surface area (Å²) in [6, 6.07) is 0.320. The Kier molecular flexibility index (Phi) is 11.4. The first-order valence-electron chi connectivity index (χ1n) is 10.5. The minimum Gasteiger partial charge on any atom is -0.379 e. The summed E-state index contributed by atoms with van der Waals surface area (Å²) in [5, 5.41) is 6.28. The van der Waals surface area contributed by atoms with Gasteiger partial charge in [-0.3, -0.25) is 4.79 Å². The molecule has 2 rings (SSSR count). The number of fused-ring (bicyclic) bond motifs is 1. The number of unbranched alkanes of at least 4 members (excludes halogenated alkanes) is 1. The molecule has 0 aromatic heterocycles. The number of hydrogen-bond donors (Lipinski definition) is 4. The van der Waals surface area contributed by atoms with Gasteiger partial charge in [0, 0.05) is 24.0 Å². The molecule has 2 fully saturated rings. The quantitative estimate of drug-likeness (QED) is 0.136. The second-order valence-corrected chi connectivity index (χ2v) is 8.79. The van der Waals surface area contributed by atoms with E-state index in [0.29, 0.717) is 51.1 Å². The second kappa shape index (κ2) is 13.5. The Labute approximate surface area is 182 Å². The molecule has 3 atom stereocenters. The lowest BCUT2D eigenvalue weighted by Crippen LogP contribution is -2.60. The number of thioether (sulfide) groups is 1. The first kappa shape index (κ1) is 25.3. The van der Waals surface area contributed by atoms with Gasteiger partial charge in [0.25, 0.3) is 0 Å². The largest absolute Gasteiger partial charge is 0.379 e. The number of Topliss-reactive ketones (excluding diaryl/α,β-unsaturated/α-hetero) is 1. The zero-order chi connectivity index (χ0) is 21.8. The lowest BCUT2D eigenvalue weighted by molar-refractivity contribution is -0.130. The molecule has 2 heterocycles. The fourth-order valence-electron chi connectivity index (χ4n) is 3.40. The highest BCUT2D eigenvalue weighted by atomic mass is 32.2. The van der Waals surface area contributed by atoms with Crippen LogP contribution in [0.2, 0.25) is 0 Å². The third kappa shape index (κ3) is 8.66. The van der Waals surface area contributed by atoms with Crippen LogP contribution in [0, 0.1) is 0 Å². The van der Waals surface area contributed by atoms with E-state index < -0.39 is 5.66 Å². The molecule has 30 heavy (non-hydrogen) atoms. The van der Waals surface area contributed by atoms with Crippen molar-refractivity contribution in [2.24, 2.45) is 11.5 Å². The van der Waals surface area contributed by atoms with Crippen molar-refractivity contribution in [2.75, 3.05) is 52.2 Å². The highest BCUT2D eigenvalue weighted by Gasteiger charge is 2.42. The maximum absolute atomic E-state index is 12.3. The summed E-state index contributed by atoms with van der Waals surface area (Å²) in [6.45, 7) is 4.39. The zero-order valence-corrected chi connectivity index (χ0v) is 18.5. The second-order valence-electron chi connectivity index (χ2n) is 7.52. The Morgan fingerprint density at radius 3 is 2.60 bits per heavy atom. The number of urea groups is 1. The van der Waals surface area contributed by atoms with E-state index in [2.05, 4.69) is 10.6 Å². The smallest absolute Gasteiger partial charge is 0.315 e. The lowest BCUT2D eigenvalue weighted by atomic mass is 9.99. The molecule has 10 nitrogen and oxygen atoms in total. The number of ether oxygens (including phenoxy) is 4. The normalized spacial score (nSPS) is 23.3. The summed E-state index contributed by atoms with van der Waals surface area (Å²) in [6.07, 6.45) is 2.84. The van der Waals surface area contributed by atoms with E-state index in [0.717, 1.165) is 18.6 Å². The van der Waals surface area contributed by atoms with Crippen molar-refractivity contribution in [1.82, 2.24) is 10.6 Å². The zero-order valence-electron chi connectivity index (χ0n) is 17.7. The van der Waals surface area contributed by atoms with Crippen molar-refractivity contribution in [3.63, 3.8) is 0 Å². The third-order valence-electron chi connectivity index (χ3n) is 5.06. The van der Waals surface area contributed by atoms with Gasteiger partial charge in [0.1, 0.15) is 12.5 Å². The maximum atomic E-state index is 12.3. The van der Waals surface area contributed by atoms with E-state index in [1.165, 1.54) is 0 Å². The SMILES string of the molecule is CCOCCOCCOCOCC(N)(N)C(=O)CCCC[C@@H]1SC[C@@H]2NC(=O)N[C@@H]21. The van der Waals surface area contributed by atoms with Crippen molar-refractivity contribution < 1.29 is 28.5 Å². The summed E-state index contributed by atoms with van der Waals surface area (Å²) in [5.41, 5.74) is 10.3. The van der Waals surface area contributed by atoms with Gasteiger partial charge in [-0.2, -0.15) is 11.8 Å². The summed E-state index contributed by atoms with van der Waals surface area (Å²) >= 11 is 1.86. The first-order valence-corrected chi connectivity index (χ1v) is 11.6. The number of nitrogens with one attached hydrogen (secondary N) is 2. The number of amides is 2. The summed E-state index contributed by atoms with van der Waals surface area (Å²) in [7, 11) is 0. The standard InChI is InChI=1S/C19H36N4O6S/c1-2-26-7-8-27-9-10-28-13-29-12-19(20,21)16(24)6-4-3-5-15-17-14(11-30-15)22-18(25)23-17/h14-15,17H,2-13,20-21H2,1H3,(H2,22,23,25)/t14-,15-,17-/m0/s1. The molecule has 6 N–H and O–H groups in total. The fourth-order valence-corrected chi connectivity index (χ4v) is 4.94. The van der Waals surface area contributed by atoms with Crippen LogP contribution in [0.3, 0.4) is 0 Å². The highest BCUT2D eigenvalue weighted by Crippen LogP contribution is 2.33. The molecular formula is C19H36N4O6S. The van der Waals surface area contributed by atoms with Crippen molar-refractivity contribution in [1.29, 1.82) is 0 Å². The molecular weight excluding hydrogens is 412 g/mol. The van der Waals surface area contributed by atoms with Crippen molar-refractivity contribution in [3.8, 4) is 0 Å². The maximum Gasteiger partial charge on any atom is 0.315 e. The van der Waals surface area contributed by atoms with Gasteiger partial charge in [-0.05, 0) is 19.8 Å². The molecule has 0 radical (unpaired) electrons. The average molecular weight is 449 g/mol. The van der Waals surface area contributed by atoms with E-state index in [-0.39, 0.29) is 37.3 Å². The van der Waals surface area contributed by atoms with Gasteiger partial charge in [-0.25, -0.2) is 4.79 Å². The van der Waals surface area contributed by atoms with Gasteiger partial charge in [-0.15, -0.1) is 0 Å². The van der Waals surface area contributed by atoms with Crippen LogP contribution in [0.25, 0.3) is 0 Å². The van der Waals surface area contributed by atoms with Crippen LogP contribution in [0.5, 0.6) is 0 Å². The summed E-state index contributed by atoms with van der Waals surface area (Å²) in [5.74, 6) is 0.704. The minimum atomic E-state index is -1.52. The molecule has 0 unspecified atom stereocenters. The van der Waals surface area contributed by atoms with Crippen LogP contribution < -0.4 is 22.1 Å². The predicted octanol–water partition coefficient (Wildman–Crippen LogP) is -0.0612. The Hall–Kier alpha value is -0.950. The van der Waals surface area contributed by atoms with Gasteiger partial charge < -0.3 is 41.0 Å².